The van der Waals surface area contributed by atoms with Gasteiger partial charge >= 0.3 is 11.9 Å². The summed E-state index contributed by atoms with van der Waals surface area (Å²) in [5.41, 5.74) is 6.11. The largest absolute Gasteiger partial charge is 0.481 e. The van der Waals surface area contributed by atoms with Crippen LogP contribution >= 0.6 is 0 Å². The average molecular weight is 466 g/mol. The van der Waals surface area contributed by atoms with Gasteiger partial charge in [0.25, 0.3) is 0 Å². The van der Waals surface area contributed by atoms with Gasteiger partial charge in [-0.1, -0.05) is 30.3 Å². The number of carbonyl (C=O) groups is 5. The summed E-state index contributed by atoms with van der Waals surface area (Å²) in [5, 5.41) is 35.2. The normalized spacial score (nSPS) is 15.3. The molecule has 0 saturated carbocycles. The van der Waals surface area contributed by atoms with Crippen molar-refractivity contribution >= 4 is 29.7 Å². The third kappa shape index (κ3) is 9.66. The summed E-state index contributed by atoms with van der Waals surface area (Å²) in [6.45, 7) is 2.58. The number of benzene rings is 1. The second-order valence-electron chi connectivity index (χ2n) is 7.60. The monoisotopic (exact) mass is 466 g/mol. The fourth-order valence-corrected chi connectivity index (χ4v) is 2.81. The topological polar surface area (TPSA) is 208 Å². The Labute approximate surface area is 190 Å². The van der Waals surface area contributed by atoms with Gasteiger partial charge in [-0.15, -0.1) is 0 Å². The first-order valence-electron chi connectivity index (χ1n) is 10.3. The average Bonchev–Trinajstić information content (AvgIpc) is 2.74. The van der Waals surface area contributed by atoms with Gasteiger partial charge in [0.15, 0.2) is 0 Å². The molecule has 1 aromatic rings. The molecule has 182 valence electrons. The van der Waals surface area contributed by atoms with E-state index in [0.29, 0.717) is 5.56 Å². The molecule has 12 nitrogen and oxygen atoms in total. The summed E-state index contributed by atoms with van der Waals surface area (Å²) >= 11 is 0. The second kappa shape index (κ2) is 13.1. The molecule has 8 N–H and O–H groups in total. The summed E-state index contributed by atoms with van der Waals surface area (Å²) in [5.74, 6) is -5.13. The number of amides is 3. The molecule has 5 unspecified atom stereocenters. The Morgan fingerprint density at radius 3 is 1.94 bits per heavy atom. The van der Waals surface area contributed by atoms with E-state index in [4.69, 9.17) is 10.8 Å². The zero-order valence-corrected chi connectivity index (χ0v) is 18.4. The minimum atomic E-state index is -1.56. The Morgan fingerprint density at radius 1 is 0.879 bits per heavy atom. The van der Waals surface area contributed by atoms with Gasteiger partial charge in [0.05, 0.1) is 12.1 Å². The number of hydrogen-bond acceptors (Lipinski definition) is 7. The molecule has 0 aliphatic carbocycles. The predicted octanol–water partition coefficient (Wildman–Crippen LogP) is -1.64. The van der Waals surface area contributed by atoms with Crippen LogP contribution in [0.4, 0.5) is 0 Å². The van der Waals surface area contributed by atoms with Crippen molar-refractivity contribution in [3.05, 3.63) is 35.9 Å². The number of aliphatic hydroxyl groups is 1. The van der Waals surface area contributed by atoms with Gasteiger partial charge in [0.1, 0.15) is 18.1 Å². The highest BCUT2D eigenvalue weighted by Gasteiger charge is 2.32. The zero-order chi connectivity index (χ0) is 25.1. The minimum Gasteiger partial charge on any atom is -0.481 e. The first-order valence-corrected chi connectivity index (χ1v) is 10.3. The Kier molecular flexibility index (Phi) is 11.0. The van der Waals surface area contributed by atoms with E-state index in [9.17, 15) is 34.2 Å². The van der Waals surface area contributed by atoms with Crippen LogP contribution in [-0.2, 0) is 30.4 Å². The summed E-state index contributed by atoms with van der Waals surface area (Å²) in [4.78, 5) is 59.8. The molecular weight excluding hydrogens is 436 g/mol. The van der Waals surface area contributed by atoms with Crippen LogP contribution in [-0.4, -0.2) is 75.3 Å². The highest BCUT2D eigenvalue weighted by Crippen LogP contribution is 2.06. The first-order chi connectivity index (χ1) is 15.4. The van der Waals surface area contributed by atoms with Crippen molar-refractivity contribution in [2.45, 2.75) is 63.4 Å². The van der Waals surface area contributed by atoms with Crippen LogP contribution < -0.4 is 21.7 Å². The summed E-state index contributed by atoms with van der Waals surface area (Å²) in [6.07, 6.45) is -2.21. The van der Waals surface area contributed by atoms with Crippen molar-refractivity contribution < 1.29 is 39.3 Å². The molecule has 3 amide bonds. The van der Waals surface area contributed by atoms with Crippen molar-refractivity contribution in [2.24, 2.45) is 5.73 Å². The molecule has 0 heterocycles. The number of aliphatic carboxylic acids is 2. The van der Waals surface area contributed by atoms with Crippen molar-refractivity contribution in [2.75, 3.05) is 0 Å². The van der Waals surface area contributed by atoms with Gasteiger partial charge in [-0.05, 0) is 25.8 Å². The van der Waals surface area contributed by atoms with Gasteiger partial charge < -0.3 is 37.0 Å². The van der Waals surface area contributed by atoms with E-state index in [-0.39, 0.29) is 12.8 Å². The van der Waals surface area contributed by atoms with E-state index >= 15 is 0 Å². The molecule has 0 aliphatic rings. The molecule has 0 fully saturated rings. The maximum atomic E-state index is 12.7. The molecule has 0 bridgehead atoms. The maximum Gasteiger partial charge on any atom is 0.326 e. The first kappa shape index (κ1) is 27.5. The number of nitrogens with one attached hydrogen (secondary N) is 3. The van der Waals surface area contributed by atoms with Crippen molar-refractivity contribution in [3.8, 4) is 0 Å². The predicted molar refractivity (Wildman–Crippen MR) is 116 cm³/mol. The molecule has 5 atom stereocenters. The molecule has 0 aliphatic heterocycles. The van der Waals surface area contributed by atoms with Crippen LogP contribution in [0.2, 0.25) is 0 Å². The third-order valence-electron chi connectivity index (χ3n) is 4.65. The number of rotatable bonds is 13. The van der Waals surface area contributed by atoms with E-state index in [0.717, 1.165) is 0 Å². The molecule has 1 rings (SSSR count). The molecule has 0 aromatic heterocycles. The number of nitrogens with two attached hydrogens (primary N) is 1. The second-order valence-corrected chi connectivity index (χ2v) is 7.60. The fraction of sp³-hybridized carbons (Fsp3) is 0.476. The maximum absolute atomic E-state index is 12.7. The number of aliphatic hydroxyl groups excluding tert-OH is 1. The van der Waals surface area contributed by atoms with E-state index in [1.807, 2.05) is 0 Å². The molecule has 0 spiro atoms. The van der Waals surface area contributed by atoms with Crippen LogP contribution in [0.25, 0.3) is 0 Å². The Morgan fingerprint density at radius 2 is 1.45 bits per heavy atom. The van der Waals surface area contributed by atoms with E-state index < -0.39 is 66.4 Å². The van der Waals surface area contributed by atoms with Crippen LogP contribution in [0.5, 0.6) is 0 Å². The zero-order valence-electron chi connectivity index (χ0n) is 18.4. The van der Waals surface area contributed by atoms with Gasteiger partial charge in [0.2, 0.25) is 17.7 Å². The molecule has 0 radical (unpaired) electrons. The van der Waals surface area contributed by atoms with Crippen LogP contribution in [0.3, 0.4) is 0 Å². The molecule has 1 aromatic carbocycles. The van der Waals surface area contributed by atoms with Crippen LogP contribution in [0.1, 0.15) is 32.3 Å². The Bertz CT molecular complexity index is 844. The van der Waals surface area contributed by atoms with Gasteiger partial charge in [0, 0.05) is 12.8 Å². The summed E-state index contributed by atoms with van der Waals surface area (Å²) in [7, 11) is 0. The lowest BCUT2D eigenvalue weighted by molar-refractivity contribution is -0.143. The van der Waals surface area contributed by atoms with Crippen molar-refractivity contribution in [1.29, 1.82) is 0 Å². The van der Waals surface area contributed by atoms with Gasteiger partial charge in [-0.2, -0.15) is 0 Å². The molecular formula is C21H30N4O8. The molecule has 33 heavy (non-hydrogen) atoms. The highest BCUT2D eigenvalue weighted by molar-refractivity contribution is 5.94. The van der Waals surface area contributed by atoms with E-state index in [1.165, 1.54) is 13.8 Å². The standard InChI is InChI=1S/C21H30N4O8/c1-11(22)18(29)23-14(8-9-16(27)28)19(30)25-17(12(2)26)20(31)24-15(21(32)33)10-13-6-4-3-5-7-13/h3-7,11-12,14-15,17,26H,8-10,22H2,1-2H3,(H,23,29)(H,24,31)(H,25,30)(H,27,28)(H,32,33). The number of hydrogen-bond donors (Lipinski definition) is 7. The van der Waals surface area contributed by atoms with Crippen molar-refractivity contribution in [1.82, 2.24) is 16.0 Å². The number of carbonyl (C=O) groups excluding carboxylic acids is 3. The lowest BCUT2D eigenvalue weighted by Gasteiger charge is -2.26. The number of carboxylic acids is 2. The van der Waals surface area contributed by atoms with E-state index in [1.54, 1.807) is 30.3 Å². The Hall–Kier alpha value is -3.51. The third-order valence-corrected chi connectivity index (χ3v) is 4.65. The van der Waals surface area contributed by atoms with E-state index in [2.05, 4.69) is 16.0 Å². The Balaban J connectivity index is 2.95. The number of carboxylic acid groups (broad SMARTS) is 2. The molecule has 12 heteroatoms. The van der Waals surface area contributed by atoms with Crippen molar-refractivity contribution in [3.63, 3.8) is 0 Å². The smallest absolute Gasteiger partial charge is 0.326 e. The summed E-state index contributed by atoms with van der Waals surface area (Å²) < 4.78 is 0. The van der Waals surface area contributed by atoms with Crippen LogP contribution in [0, 0.1) is 0 Å². The van der Waals surface area contributed by atoms with Crippen LogP contribution in [0.15, 0.2) is 30.3 Å². The SMILES string of the molecule is CC(N)C(=O)NC(CCC(=O)O)C(=O)NC(C(=O)NC(Cc1ccccc1)C(=O)O)C(C)O. The lowest BCUT2D eigenvalue weighted by Crippen LogP contribution is -2.60. The van der Waals surface area contributed by atoms with Gasteiger partial charge in [-0.3, -0.25) is 19.2 Å². The minimum absolute atomic E-state index is 0.0337. The quantitative estimate of drug-likeness (QED) is 0.178. The van der Waals surface area contributed by atoms with Gasteiger partial charge in [-0.25, -0.2) is 4.79 Å². The lowest BCUT2D eigenvalue weighted by atomic mass is 10.0. The highest BCUT2D eigenvalue weighted by atomic mass is 16.4. The summed E-state index contributed by atoms with van der Waals surface area (Å²) in [6, 6.07) is 3.33. The molecule has 0 saturated heterocycles. The fourth-order valence-electron chi connectivity index (χ4n) is 2.81.